The molecule has 2 heterocycles. The molecule has 0 unspecified atom stereocenters. The maximum atomic E-state index is 5.96. The van der Waals surface area contributed by atoms with Crippen LogP contribution in [0.5, 0.6) is 0 Å². The number of rotatable bonds is 5. The molecule has 0 atom stereocenters. The lowest BCUT2D eigenvalue weighted by Crippen LogP contribution is -2.28. The van der Waals surface area contributed by atoms with Gasteiger partial charge in [-0.1, -0.05) is 20.8 Å². The molecule has 2 rings (SSSR count). The molecule has 5 heteroatoms. The number of hydrogen-bond acceptors (Lipinski definition) is 5. The molecule has 0 aliphatic carbocycles. The summed E-state index contributed by atoms with van der Waals surface area (Å²) in [6.45, 7) is 9.44. The van der Waals surface area contributed by atoms with Gasteiger partial charge in [-0.25, -0.2) is 9.97 Å². The van der Waals surface area contributed by atoms with Crippen LogP contribution in [0, 0.1) is 5.92 Å². The summed E-state index contributed by atoms with van der Waals surface area (Å²) in [6, 6.07) is 1.98. The molecule has 2 aromatic heterocycles. The van der Waals surface area contributed by atoms with E-state index in [0.29, 0.717) is 11.7 Å². The van der Waals surface area contributed by atoms with E-state index >= 15 is 0 Å². The van der Waals surface area contributed by atoms with Gasteiger partial charge in [-0.3, -0.25) is 4.90 Å². The van der Waals surface area contributed by atoms with Crippen LogP contribution in [0.25, 0.3) is 10.2 Å². The molecule has 0 aliphatic heterocycles. The molecule has 0 fully saturated rings. The van der Waals surface area contributed by atoms with E-state index in [1.807, 2.05) is 11.4 Å². The molecule has 0 spiro atoms. The lowest BCUT2D eigenvalue weighted by Gasteiger charge is -2.21. The highest BCUT2D eigenvalue weighted by atomic mass is 32.1. The Morgan fingerprint density at radius 1 is 1.39 bits per heavy atom. The number of anilines is 1. The highest BCUT2D eigenvalue weighted by Gasteiger charge is 2.11. The van der Waals surface area contributed by atoms with Crippen LogP contribution in [0.3, 0.4) is 0 Å². The van der Waals surface area contributed by atoms with Crippen molar-refractivity contribution < 1.29 is 0 Å². The number of hydrogen-bond donors (Lipinski definition) is 1. The first kappa shape index (κ1) is 13.2. The van der Waals surface area contributed by atoms with Crippen molar-refractivity contribution in [2.75, 3.05) is 18.8 Å². The van der Waals surface area contributed by atoms with Crippen molar-refractivity contribution in [3.8, 4) is 0 Å². The van der Waals surface area contributed by atoms with Crippen LogP contribution in [0.1, 0.15) is 26.6 Å². The summed E-state index contributed by atoms with van der Waals surface area (Å²) in [7, 11) is 0. The van der Waals surface area contributed by atoms with E-state index in [1.165, 1.54) is 0 Å². The van der Waals surface area contributed by atoms with Crippen LogP contribution in [0.2, 0.25) is 0 Å². The molecule has 0 radical (unpaired) electrons. The van der Waals surface area contributed by atoms with E-state index in [4.69, 9.17) is 5.73 Å². The summed E-state index contributed by atoms with van der Waals surface area (Å²) >= 11 is 1.61. The zero-order valence-corrected chi connectivity index (χ0v) is 12.0. The van der Waals surface area contributed by atoms with E-state index in [-0.39, 0.29) is 0 Å². The van der Waals surface area contributed by atoms with Crippen molar-refractivity contribution in [1.29, 1.82) is 0 Å². The van der Waals surface area contributed by atoms with Gasteiger partial charge in [0.1, 0.15) is 16.5 Å². The fraction of sp³-hybridized carbons (Fsp3) is 0.538. The second kappa shape index (κ2) is 5.63. The molecule has 0 aromatic carbocycles. The van der Waals surface area contributed by atoms with Crippen molar-refractivity contribution >= 4 is 27.4 Å². The predicted molar refractivity (Wildman–Crippen MR) is 77.6 cm³/mol. The third-order valence-electron chi connectivity index (χ3n) is 2.84. The summed E-state index contributed by atoms with van der Waals surface area (Å²) in [5.41, 5.74) is 5.96. The maximum absolute atomic E-state index is 5.96. The smallest absolute Gasteiger partial charge is 0.146 e. The van der Waals surface area contributed by atoms with Gasteiger partial charge in [0.15, 0.2) is 0 Å². The fourth-order valence-electron chi connectivity index (χ4n) is 2.02. The summed E-state index contributed by atoms with van der Waals surface area (Å²) in [6.07, 6.45) is 0. The van der Waals surface area contributed by atoms with E-state index < -0.39 is 0 Å². The van der Waals surface area contributed by atoms with Crippen LogP contribution in [-0.4, -0.2) is 28.0 Å². The highest BCUT2D eigenvalue weighted by Crippen LogP contribution is 2.23. The van der Waals surface area contributed by atoms with Crippen molar-refractivity contribution in [3.05, 3.63) is 17.3 Å². The Labute approximate surface area is 112 Å². The molecule has 4 nitrogen and oxygen atoms in total. The summed E-state index contributed by atoms with van der Waals surface area (Å²) < 4.78 is 0. The summed E-state index contributed by atoms with van der Waals surface area (Å²) in [4.78, 5) is 12.3. The van der Waals surface area contributed by atoms with Gasteiger partial charge >= 0.3 is 0 Å². The van der Waals surface area contributed by atoms with Gasteiger partial charge in [-0.15, -0.1) is 11.3 Å². The maximum Gasteiger partial charge on any atom is 0.146 e. The zero-order chi connectivity index (χ0) is 13.1. The quantitative estimate of drug-likeness (QED) is 0.902. The molecule has 18 heavy (non-hydrogen) atoms. The van der Waals surface area contributed by atoms with Crippen molar-refractivity contribution in [1.82, 2.24) is 14.9 Å². The third kappa shape index (κ3) is 2.97. The first-order chi connectivity index (χ1) is 8.60. The van der Waals surface area contributed by atoms with E-state index in [1.54, 1.807) is 11.3 Å². The summed E-state index contributed by atoms with van der Waals surface area (Å²) in [5, 5.41) is 2.97. The van der Waals surface area contributed by atoms with E-state index in [0.717, 1.165) is 35.7 Å². The Kier molecular flexibility index (Phi) is 4.14. The Balaban J connectivity index is 2.19. The van der Waals surface area contributed by atoms with Gasteiger partial charge in [0.25, 0.3) is 0 Å². The molecule has 2 N–H and O–H groups in total. The lowest BCUT2D eigenvalue weighted by atomic mass is 10.2. The molecular formula is C13H20N4S. The normalized spacial score (nSPS) is 11.8. The van der Waals surface area contributed by atoms with Gasteiger partial charge in [-0.05, 0) is 23.9 Å². The molecule has 0 amide bonds. The minimum absolute atomic E-state index is 0.594. The Morgan fingerprint density at radius 2 is 2.17 bits per heavy atom. The fourth-order valence-corrected chi connectivity index (χ4v) is 2.81. The van der Waals surface area contributed by atoms with Gasteiger partial charge < -0.3 is 5.73 Å². The van der Waals surface area contributed by atoms with Crippen molar-refractivity contribution in [2.45, 2.75) is 27.3 Å². The number of nitrogens with zero attached hydrogens (tertiary/aromatic N) is 3. The Hall–Kier alpha value is -1.20. The van der Waals surface area contributed by atoms with Crippen LogP contribution in [0.4, 0.5) is 5.82 Å². The lowest BCUT2D eigenvalue weighted by molar-refractivity contribution is 0.243. The molecule has 0 aliphatic rings. The van der Waals surface area contributed by atoms with Gasteiger partial charge in [0, 0.05) is 6.54 Å². The molecule has 98 valence electrons. The van der Waals surface area contributed by atoms with Crippen LogP contribution in [0.15, 0.2) is 11.4 Å². The monoisotopic (exact) mass is 264 g/mol. The number of thiophene rings is 1. The van der Waals surface area contributed by atoms with Crippen molar-refractivity contribution in [3.63, 3.8) is 0 Å². The Bertz CT molecular complexity index is 521. The molecule has 2 aromatic rings. The number of aromatic nitrogens is 2. The number of fused-ring (bicyclic) bond motifs is 1. The SMILES string of the molecule is CCN(Cc1nc(N)c2ccsc2n1)CC(C)C. The standard InChI is InChI=1S/C13H20N4S/c1-4-17(7-9(2)3)8-11-15-12(14)10-5-6-18-13(10)16-11/h5-6,9H,4,7-8H2,1-3H3,(H2,14,15,16). The van der Waals surface area contributed by atoms with Crippen LogP contribution >= 0.6 is 11.3 Å². The highest BCUT2D eigenvalue weighted by molar-refractivity contribution is 7.16. The summed E-state index contributed by atoms with van der Waals surface area (Å²) in [5.74, 6) is 2.06. The number of nitrogens with two attached hydrogens (primary N) is 1. The average molecular weight is 264 g/mol. The Morgan fingerprint density at radius 3 is 2.83 bits per heavy atom. The van der Waals surface area contributed by atoms with Gasteiger partial charge in [-0.2, -0.15) is 0 Å². The first-order valence-corrected chi connectivity index (χ1v) is 7.20. The molecule has 0 bridgehead atoms. The largest absolute Gasteiger partial charge is 0.383 e. The van der Waals surface area contributed by atoms with Crippen molar-refractivity contribution in [2.24, 2.45) is 5.92 Å². The van der Waals surface area contributed by atoms with Gasteiger partial charge in [0.05, 0.1) is 11.9 Å². The minimum Gasteiger partial charge on any atom is -0.383 e. The van der Waals surface area contributed by atoms with Crippen LogP contribution in [-0.2, 0) is 6.54 Å². The zero-order valence-electron chi connectivity index (χ0n) is 11.2. The van der Waals surface area contributed by atoms with Gasteiger partial charge in [0.2, 0.25) is 0 Å². The topological polar surface area (TPSA) is 55.0 Å². The number of nitrogen functional groups attached to an aromatic ring is 1. The second-order valence-electron chi connectivity index (χ2n) is 4.89. The molecular weight excluding hydrogens is 244 g/mol. The van der Waals surface area contributed by atoms with E-state index in [2.05, 4.69) is 35.6 Å². The first-order valence-electron chi connectivity index (χ1n) is 6.32. The molecule has 0 saturated heterocycles. The third-order valence-corrected chi connectivity index (χ3v) is 3.64. The second-order valence-corrected chi connectivity index (χ2v) is 5.78. The minimum atomic E-state index is 0.594. The average Bonchev–Trinajstić information content (AvgIpc) is 2.76. The van der Waals surface area contributed by atoms with E-state index in [9.17, 15) is 0 Å². The van der Waals surface area contributed by atoms with Crippen LogP contribution < -0.4 is 5.73 Å². The predicted octanol–water partition coefficient (Wildman–Crippen LogP) is 2.75. The molecule has 0 saturated carbocycles.